The molecular weight excluding hydrogens is 206 g/mol. The van der Waals surface area contributed by atoms with Gasteiger partial charge < -0.3 is 15.6 Å². The summed E-state index contributed by atoms with van der Waals surface area (Å²) in [6.45, 7) is 6.22. The van der Waals surface area contributed by atoms with Crippen molar-refractivity contribution in [2.45, 2.75) is 33.0 Å². The highest BCUT2D eigenvalue weighted by atomic mass is 16.5. The highest BCUT2D eigenvalue weighted by Crippen LogP contribution is 2.17. The minimum Gasteiger partial charge on any atom is -0.478 e. The van der Waals surface area contributed by atoms with Crippen molar-refractivity contribution in [1.29, 1.82) is 0 Å². The van der Waals surface area contributed by atoms with Crippen molar-refractivity contribution in [2.75, 3.05) is 5.73 Å². The lowest BCUT2D eigenvalue weighted by atomic mass is 10.1. The van der Waals surface area contributed by atoms with E-state index in [9.17, 15) is 4.79 Å². The molecule has 0 bridgehead atoms. The van der Waals surface area contributed by atoms with Gasteiger partial charge in [0.15, 0.2) is 0 Å². The molecule has 0 radical (unpaired) electrons. The average molecular weight is 223 g/mol. The second-order valence-electron chi connectivity index (χ2n) is 4.63. The predicted octanol–water partition coefficient (Wildman–Crippen LogP) is 2.28. The summed E-state index contributed by atoms with van der Waals surface area (Å²) < 4.78 is 5.56. The number of hydrogen-bond acceptors (Lipinski definition) is 3. The molecule has 16 heavy (non-hydrogen) atoms. The molecule has 1 aromatic carbocycles. The van der Waals surface area contributed by atoms with Crippen LogP contribution in [-0.4, -0.2) is 16.7 Å². The number of benzene rings is 1. The Morgan fingerprint density at radius 3 is 2.56 bits per heavy atom. The maximum atomic E-state index is 10.9. The van der Waals surface area contributed by atoms with Crippen LogP contribution in [0.3, 0.4) is 0 Å². The number of carboxylic acids is 1. The Bertz CT molecular complexity index is 394. The smallest absolute Gasteiger partial charge is 0.337 e. The van der Waals surface area contributed by atoms with E-state index in [1.807, 2.05) is 20.8 Å². The van der Waals surface area contributed by atoms with Crippen LogP contribution in [0.2, 0.25) is 0 Å². The zero-order chi connectivity index (χ0) is 12.3. The van der Waals surface area contributed by atoms with Crippen molar-refractivity contribution >= 4 is 11.7 Å². The van der Waals surface area contributed by atoms with E-state index in [0.717, 1.165) is 5.56 Å². The zero-order valence-electron chi connectivity index (χ0n) is 9.78. The molecule has 0 aliphatic rings. The van der Waals surface area contributed by atoms with E-state index in [0.29, 0.717) is 6.61 Å². The Balaban J connectivity index is 2.83. The third-order valence-corrected chi connectivity index (χ3v) is 2.02. The number of anilines is 1. The molecule has 88 valence electrons. The third-order valence-electron chi connectivity index (χ3n) is 2.02. The molecular formula is C12H17NO3. The van der Waals surface area contributed by atoms with E-state index in [2.05, 4.69) is 0 Å². The molecule has 3 N–H and O–H groups in total. The number of aromatic carboxylic acids is 1. The molecule has 0 fully saturated rings. The van der Waals surface area contributed by atoms with Crippen molar-refractivity contribution in [2.24, 2.45) is 0 Å². The van der Waals surface area contributed by atoms with Gasteiger partial charge in [-0.25, -0.2) is 4.79 Å². The van der Waals surface area contributed by atoms with Gasteiger partial charge in [0.25, 0.3) is 0 Å². The van der Waals surface area contributed by atoms with Crippen molar-refractivity contribution < 1.29 is 14.6 Å². The van der Waals surface area contributed by atoms with Gasteiger partial charge in [0, 0.05) is 5.69 Å². The van der Waals surface area contributed by atoms with Crippen LogP contribution in [0.25, 0.3) is 0 Å². The minimum atomic E-state index is -1.02. The molecule has 4 nitrogen and oxygen atoms in total. The Hall–Kier alpha value is -1.55. The number of carboxylic acid groups (broad SMARTS) is 1. The molecule has 0 spiro atoms. The second kappa shape index (κ2) is 4.53. The van der Waals surface area contributed by atoms with Gasteiger partial charge in [0.1, 0.15) is 0 Å². The maximum Gasteiger partial charge on any atom is 0.337 e. The topological polar surface area (TPSA) is 72.5 Å². The molecule has 0 aliphatic carbocycles. The number of nitrogen functional groups attached to an aromatic ring is 1. The first-order valence-electron chi connectivity index (χ1n) is 5.05. The lowest BCUT2D eigenvalue weighted by Crippen LogP contribution is -2.18. The van der Waals surface area contributed by atoms with Gasteiger partial charge in [-0.2, -0.15) is 0 Å². The fourth-order valence-corrected chi connectivity index (χ4v) is 1.18. The lowest BCUT2D eigenvalue weighted by molar-refractivity contribution is -0.0149. The van der Waals surface area contributed by atoms with Crippen LogP contribution in [0.4, 0.5) is 5.69 Å². The Morgan fingerprint density at radius 2 is 2.06 bits per heavy atom. The zero-order valence-corrected chi connectivity index (χ0v) is 9.78. The van der Waals surface area contributed by atoms with Crippen molar-refractivity contribution in [3.05, 3.63) is 29.3 Å². The highest BCUT2D eigenvalue weighted by molar-refractivity contribution is 5.93. The summed E-state index contributed by atoms with van der Waals surface area (Å²) in [5.41, 5.74) is 6.50. The SMILES string of the molecule is CC(C)(C)OCc1ccc(N)c(C(=O)O)c1. The second-order valence-corrected chi connectivity index (χ2v) is 4.63. The first-order valence-corrected chi connectivity index (χ1v) is 5.05. The van der Waals surface area contributed by atoms with Crippen LogP contribution >= 0.6 is 0 Å². The van der Waals surface area contributed by atoms with Crippen LogP contribution < -0.4 is 5.73 Å². The number of rotatable bonds is 3. The fourth-order valence-electron chi connectivity index (χ4n) is 1.18. The molecule has 0 aromatic heterocycles. The quantitative estimate of drug-likeness (QED) is 0.771. The van der Waals surface area contributed by atoms with Gasteiger partial charge in [-0.3, -0.25) is 0 Å². The summed E-state index contributed by atoms with van der Waals surface area (Å²) in [7, 11) is 0. The van der Waals surface area contributed by atoms with Gasteiger partial charge in [-0.15, -0.1) is 0 Å². The summed E-state index contributed by atoms with van der Waals surface area (Å²) in [6, 6.07) is 4.90. The summed E-state index contributed by atoms with van der Waals surface area (Å²) in [4.78, 5) is 10.9. The predicted molar refractivity (Wildman–Crippen MR) is 62.4 cm³/mol. The summed E-state index contributed by atoms with van der Waals surface area (Å²) in [5.74, 6) is -1.02. The molecule has 0 heterocycles. The summed E-state index contributed by atoms with van der Waals surface area (Å²) in [6.07, 6.45) is 0. The van der Waals surface area contributed by atoms with Gasteiger partial charge in [0.05, 0.1) is 17.8 Å². The number of nitrogens with two attached hydrogens (primary N) is 1. The van der Waals surface area contributed by atoms with Crippen LogP contribution in [0.15, 0.2) is 18.2 Å². The molecule has 0 aliphatic heterocycles. The molecule has 0 saturated carbocycles. The van der Waals surface area contributed by atoms with Gasteiger partial charge >= 0.3 is 5.97 Å². The number of carbonyl (C=O) groups is 1. The van der Waals surface area contributed by atoms with Gasteiger partial charge in [0.2, 0.25) is 0 Å². The molecule has 1 rings (SSSR count). The third kappa shape index (κ3) is 3.55. The monoisotopic (exact) mass is 223 g/mol. The van der Waals surface area contributed by atoms with E-state index >= 15 is 0 Å². The van der Waals surface area contributed by atoms with E-state index in [1.54, 1.807) is 18.2 Å². The first-order chi connectivity index (χ1) is 7.29. The molecule has 0 saturated heterocycles. The largest absolute Gasteiger partial charge is 0.478 e. The van der Waals surface area contributed by atoms with Crippen molar-refractivity contribution in [1.82, 2.24) is 0 Å². The minimum absolute atomic E-state index is 0.120. The van der Waals surface area contributed by atoms with Crippen LogP contribution in [0.5, 0.6) is 0 Å². The van der Waals surface area contributed by atoms with Crippen LogP contribution in [-0.2, 0) is 11.3 Å². The molecule has 0 amide bonds. The van der Waals surface area contributed by atoms with E-state index < -0.39 is 5.97 Å². The Kier molecular flexibility index (Phi) is 3.55. The summed E-state index contributed by atoms with van der Waals surface area (Å²) in [5, 5.41) is 8.90. The van der Waals surface area contributed by atoms with Gasteiger partial charge in [-0.05, 0) is 38.5 Å². The Morgan fingerprint density at radius 1 is 1.44 bits per heavy atom. The molecule has 4 heteroatoms. The standard InChI is InChI=1S/C12H17NO3/c1-12(2,3)16-7-8-4-5-10(13)9(6-8)11(14)15/h4-6H,7,13H2,1-3H3,(H,14,15). The van der Waals surface area contributed by atoms with Crippen LogP contribution in [0.1, 0.15) is 36.7 Å². The lowest BCUT2D eigenvalue weighted by Gasteiger charge is -2.19. The van der Waals surface area contributed by atoms with E-state index in [1.165, 1.54) is 0 Å². The van der Waals surface area contributed by atoms with Gasteiger partial charge in [-0.1, -0.05) is 6.07 Å². The van der Waals surface area contributed by atoms with Crippen molar-refractivity contribution in [3.8, 4) is 0 Å². The normalized spacial score (nSPS) is 11.4. The highest BCUT2D eigenvalue weighted by Gasteiger charge is 2.12. The van der Waals surface area contributed by atoms with Crippen LogP contribution in [0, 0.1) is 0 Å². The number of ether oxygens (including phenoxy) is 1. The van der Waals surface area contributed by atoms with Crippen molar-refractivity contribution in [3.63, 3.8) is 0 Å². The first kappa shape index (κ1) is 12.5. The number of hydrogen-bond donors (Lipinski definition) is 2. The molecule has 1 aromatic rings. The summed E-state index contributed by atoms with van der Waals surface area (Å²) >= 11 is 0. The maximum absolute atomic E-state index is 10.9. The van der Waals surface area contributed by atoms with E-state index in [-0.39, 0.29) is 16.9 Å². The van der Waals surface area contributed by atoms with E-state index in [4.69, 9.17) is 15.6 Å². The molecule has 0 atom stereocenters. The Labute approximate surface area is 95.0 Å². The fraction of sp³-hybridized carbons (Fsp3) is 0.417. The molecule has 0 unspecified atom stereocenters. The average Bonchev–Trinajstić information content (AvgIpc) is 2.14.